The number of rotatable bonds is 6. The van der Waals surface area contributed by atoms with Crippen LogP contribution < -0.4 is 9.47 Å². The number of hydrogen-bond donors (Lipinski definition) is 0. The van der Waals surface area contributed by atoms with Crippen LogP contribution in [0.4, 0.5) is 0 Å². The van der Waals surface area contributed by atoms with Crippen LogP contribution >= 0.6 is 0 Å². The van der Waals surface area contributed by atoms with Gasteiger partial charge in [-0.25, -0.2) is 0 Å². The van der Waals surface area contributed by atoms with E-state index in [1.54, 1.807) is 0 Å². The quantitative estimate of drug-likeness (QED) is 0.514. The first-order chi connectivity index (χ1) is 18.8. The van der Waals surface area contributed by atoms with Crippen LogP contribution in [0.25, 0.3) is 0 Å². The number of ether oxygens (including phenoxy) is 10. The monoisotopic (exact) mass is 536 g/mol. The molecule has 2 unspecified atom stereocenters. The zero-order valence-corrected chi connectivity index (χ0v) is 21.6. The van der Waals surface area contributed by atoms with Crippen molar-refractivity contribution in [1.82, 2.24) is 0 Å². The van der Waals surface area contributed by atoms with Gasteiger partial charge in [0, 0.05) is 12.1 Å². The summed E-state index contributed by atoms with van der Waals surface area (Å²) in [6.07, 6.45) is -0.783. The maximum absolute atomic E-state index is 9.52. The lowest BCUT2D eigenvalue weighted by molar-refractivity contribution is -0.0796. The Morgan fingerprint density at radius 3 is 1.26 bits per heavy atom. The molecule has 0 saturated carbocycles. The van der Waals surface area contributed by atoms with Gasteiger partial charge < -0.3 is 47.4 Å². The van der Waals surface area contributed by atoms with E-state index < -0.39 is 12.2 Å². The van der Waals surface area contributed by atoms with Crippen molar-refractivity contribution in [2.75, 3.05) is 106 Å². The van der Waals surface area contributed by atoms with Gasteiger partial charge in [0.05, 0.1) is 104 Å². The highest BCUT2D eigenvalue weighted by Gasteiger charge is 2.19. The van der Waals surface area contributed by atoms with Crippen LogP contribution in [0.1, 0.15) is 11.1 Å². The zero-order chi connectivity index (χ0) is 26.7. The summed E-state index contributed by atoms with van der Waals surface area (Å²) in [7, 11) is 0. The zero-order valence-electron chi connectivity index (χ0n) is 21.6. The van der Waals surface area contributed by atoms with E-state index in [9.17, 15) is 10.5 Å². The molecule has 0 radical (unpaired) electrons. The van der Waals surface area contributed by atoms with Gasteiger partial charge in [-0.15, -0.1) is 0 Å². The maximum atomic E-state index is 9.52. The van der Waals surface area contributed by atoms with E-state index in [1.165, 1.54) is 12.1 Å². The molecule has 0 aromatic heterocycles. The number of hydrogen-bond acceptors (Lipinski definition) is 12. The molecule has 0 spiro atoms. The van der Waals surface area contributed by atoms with Crippen LogP contribution in [0, 0.1) is 22.7 Å². The van der Waals surface area contributed by atoms with Gasteiger partial charge >= 0.3 is 0 Å². The van der Waals surface area contributed by atoms with Gasteiger partial charge in [-0.3, -0.25) is 0 Å². The Labute approximate surface area is 223 Å². The molecule has 0 aliphatic carbocycles. The molecule has 2 fully saturated rings. The third-order valence-electron chi connectivity index (χ3n) is 5.43. The summed E-state index contributed by atoms with van der Waals surface area (Å²) in [6, 6.07) is 7.04. The average molecular weight is 537 g/mol. The minimum Gasteiger partial charge on any atom is -0.487 e. The summed E-state index contributed by atoms with van der Waals surface area (Å²) in [5, 5.41) is 19.0. The van der Waals surface area contributed by atoms with E-state index in [1.807, 2.05) is 12.1 Å². The lowest BCUT2D eigenvalue weighted by Crippen LogP contribution is -2.31. The highest BCUT2D eigenvalue weighted by atomic mass is 16.6. The lowest BCUT2D eigenvalue weighted by atomic mass is 10.1. The first kappa shape index (κ1) is 30.0. The van der Waals surface area contributed by atoms with Gasteiger partial charge in [0.2, 0.25) is 0 Å². The molecule has 12 nitrogen and oxygen atoms in total. The predicted molar refractivity (Wildman–Crippen MR) is 131 cm³/mol. The largest absolute Gasteiger partial charge is 0.487 e. The summed E-state index contributed by atoms with van der Waals surface area (Å²) in [5.74, 6) is 0.612. The summed E-state index contributed by atoms with van der Waals surface area (Å²) in [6.45, 7) is 6.19. The van der Waals surface area contributed by atoms with Crippen LogP contribution in [-0.4, -0.2) is 118 Å². The van der Waals surface area contributed by atoms with Crippen LogP contribution in [0.2, 0.25) is 0 Å². The van der Waals surface area contributed by atoms with E-state index in [2.05, 4.69) is 0 Å². The Bertz CT molecular complexity index is 793. The van der Waals surface area contributed by atoms with Gasteiger partial charge in [0.25, 0.3) is 0 Å². The smallest absolute Gasteiger partial charge is 0.162 e. The van der Waals surface area contributed by atoms with E-state index in [4.69, 9.17) is 47.4 Å². The molecule has 38 heavy (non-hydrogen) atoms. The maximum Gasteiger partial charge on any atom is 0.162 e. The van der Waals surface area contributed by atoms with Crippen LogP contribution in [0.5, 0.6) is 11.5 Å². The van der Waals surface area contributed by atoms with Crippen molar-refractivity contribution in [2.24, 2.45) is 0 Å². The van der Waals surface area contributed by atoms with Gasteiger partial charge in [0.1, 0.15) is 37.6 Å². The molecule has 2 heterocycles. The Kier molecular flexibility index (Phi) is 14.8. The van der Waals surface area contributed by atoms with Crippen molar-refractivity contribution < 1.29 is 47.4 Å². The molecule has 0 bridgehead atoms. The first-order valence-corrected chi connectivity index (χ1v) is 12.7. The molecular formula is C26H36N2O10. The van der Waals surface area contributed by atoms with Crippen LogP contribution in [0.3, 0.4) is 0 Å². The van der Waals surface area contributed by atoms with Gasteiger partial charge in [0.15, 0.2) is 11.5 Å². The Balaban J connectivity index is 1.64. The summed E-state index contributed by atoms with van der Waals surface area (Å²) < 4.78 is 56.9. The van der Waals surface area contributed by atoms with E-state index in [0.717, 1.165) is 0 Å². The topological polar surface area (TPSA) is 140 Å². The molecule has 2 saturated heterocycles. The minimum absolute atomic E-state index is 0.133. The average Bonchev–Trinajstić information content (AvgIpc) is 2.92. The SMILES string of the molecule is N#Cc1cc(OCC2COCCOCCOCCO2)c(OCC2COCCOCCOCCO2)cc1C#N. The molecular weight excluding hydrogens is 500 g/mol. The second kappa shape index (κ2) is 18.7. The molecule has 2 aliphatic heterocycles. The number of benzene rings is 1. The molecule has 1 aromatic rings. The van der Waals surface area contributed by atoms with Crippen molar-refractivity contribution in [3.8, 4) is 23.6 Å². The Morgan fingerprint density at radius 1 is 0.553 bits per heavy atom. The van der Waals surface area contributed by atoms with E-state index in [-0.39, 0.29) is 24.3 Å². The van der Waals surface area contributed by atoms with Crippen LogP contribution in [0.15, 0.2) is 12.1 Å². The highest BCUT2D eigenvalue weighted by molar-refractivity contribution is 5.56. The predicted octanol–water partition coefficient (Wildman–Crippen LogP) is 1.08. The molecule has 1 aromatic carbocycles. The Hall–Kier alpha value is -2.52. The van der Waals surface area contributed by atoms with E-state index in [0.29, 0.717) is 104 Å². The fourth-order valence-corrected chi connectivity index (χ4v) is 3.48. The van der Waals surface area contributed by atoms with Crippen LogP contribution in [-0.2, 0) is 37.9 Å². The van der Waals surface area contributed by atoms with Gasteiger partial charge in [-0.1, -0.05) is 0 Å². The molecule has 210 valence electrons. The van der Waals surface area contributed by atoms with Crippen molar-refractivity contribution in [1.29, 1.82) is 10.5 Å². The number of nitrogens with zero attached hydrogens (tertiary/aromatic N) is 2. The standard InChI is InChI=1S/C26H36N2O10/c27-15-21-13-25(37-19-23-17-33-7-5-29-1-3-31-9-11-35-23)26(14-22(21)16-28)38-20-24-18-34-8-6-30-2-4-32-10-12-36-24/h13-14,23-24H,1-12,17-20H2. The lowest BCUT2D eigenvalue weighted by Gasteiger charge is -2.22. The third-order valence-corrected chi connectivity index (χ3v) is 5.43. The molecule has 12 heteroatoms. The summed E-state index contributed by atoms with van der Waals surface area (Å²) in [4.78, 5) is 0. The molecule has 0 amide bonds. The van der Waals surface area contributed by atoms with E-state index >= 15 is 0 Å². The second-order valence-corrected chi connectivity index (χ2v) is 8.28. The fraction of sp³-hybridized carbons (Fsp3) is 0.692. The van der Waals surface area contributed by atoms with Gasteiger partial charge in [-0.2, -0.15) is 10.5 Å². The van der Waals surface area contributed by atoms with Crippen molar-refractivity contribution in [2.45, 2.75) is 12.2 Å². The van der Waals surface area contributed by atoms with Gasteiger partial charge in [-0.05, 0) is 0 Å². The van der Waals surface area contributed by atoms with Crippen molar-refractivity contribution in [3.63, 3.8) is 0 Å². The first-order valence-electron chi connectivity index (χ1n) is 12.7. The normalized spacial score (nSPS) is 23.2. The fourth-order valence-electron chi connectivity index (χ4n) is 3.48. The Morgan fingerprint density at radius 2 is 0.895 bits per heavy atom. The molecule has 2 aliphatic rings. The summed E-state index contributed by atoms with van der Waals surface area (Å²) >= 11 is 0. The van der Waals surface area contributed by atoms with Crippen molar-refractivity contribution >= 4 is 0 Å². The highest BCUT2D eigenvalue weighted by Crippen LogP contribution is 2.31. The second-order valence-electron chi connectivity index (χ2n) is 8.28. The third kappa shape index (κ3) is 11.5. The molecule has 0 N–H and O–H groups in total. The molecule has 2 atom stereocenters. The molecule has 3 rings (SSSR count). The summed E-state index contributed by atoms with van der Waals surface area (Å²) in [5.41, 5.74) is 0.359. The minimum atomic E-state index is -0.391. The van der Waals surface area contributed by atoms with Crippen molar-refractivity contribution in [3.05, 3.63) is 23.3 Å². The number of nitriles is 2.